The second-order valence-corrected chi connectivity index (χ2v) is 5.32. The van der Waals surface area contributed by atoms with Crippen molar-refractivity contribution in [1.82, 2.24) is 0 Å². The van der Waals surface area contributed by atoms with E-state index in [4.69, 9.17) is 5.73 Å². The predicted molar refractivity (Wildman–Crippen MR) is 87.1 cm³/mol. The fourth-order valence-electron chi connectivity index (χ4n) is 2.76. The summed E-state index contributed by atoms with van der Waals surface area (Å²) in [6.45, 7) is 2.21. The van der Waals surface area contributed by atoms with Gasteiger partial charge in [-0.3, -0.25) is 0 Å². The number of allylic oxidation sites excluding steroid dienone is 4. The quantitative estimate of drug-likeness (QED) is 0.763. The lowest BCUT2D eigenvalue weighted by atomic mass is 9.86. The number of hydrogen-bond acceptors (Lipinski definition) is 1. The Morgan fingerprint density at radius 1 is 0.850 bits per heavy atom. The molecule has 2 aromatic rings. The standard InChI is InChI=1S/C19H19N/c1-14-11-12-16(15-7-3-2-4-8-15)13-18(14)17-9-5-6-10-19(17)20/h2-10,13H,11-12,20H2,1H3. The number of nitrogen functional groups attached to an aromatic ring is 1. The van der Waals surface area contributed by atoms with Crippen LogP contribution in [0.4, 0.5) is 5.69 Å². The number of hydrogen-bond donors (Lipinski definition) is 1. The molecule has 0 fully saturated rings. The number of anilines is 1. The van der Waals surface area contributed by atoms with E-state index in [0.29, 0.717) is 0 Å². The molecule has 0 heterocycles. The van der Waals surface area contributed by atoms with E-state index in [-0.39, 0.29) is 0 Å². The number of benzene rings is 2. The van der Waals surface area contributed by atoms with Gasteiger partial charge in [0.1, 0.15) is 0 Å². The van der Waals surface area contributed by atoms with E-state index in [0.717, 1.165) is 24.1 Å². The van der Waals surface area contributed by atoms with Gasteiger partial charge in [-0.25, -0.2) is 0 Å². The van der Waals surface area contributed by atoms with Crippen molar-refractivity contribution in [1.29, 1.82) is 0 Å². The van der Waals surface area contributed by atoms with Gasteiger partial charge in [0.2, 0.25) is 0 Å². The van der Waals surface area contributed by atoms with Crippen LogP contribution in [0.5, 0.6) is 0 Å². The number of rotatable bonds is 2. The molecule has 0 radical (unpaired) electrons. The Labute approximate surface area is 120 Å². The van der Waals surface area contributed by atoms with Crippen molar-refractivity contribution in [2.75, 3.05) is 5.73 Å². The summed E-state index contributed by atoms with van der Waals surface area (Å²) in [5.74, 6) is 0. The third-order valence-electron chi connectivity index (χ3n) is 3.94. The summed E-state index contributed by atoms with van der Waals surface area (Å²) >= 11 is 0. The molecule has 1 heteroatoms. The van der Waals surface area contributed by atoms with Gasteiger partial charge in [0.25, 0.3) is 0 Å². The van der Waals surface area contributed by atoms with Crippen LogP contribution in [0.3, 0.4) is 0 Å². The topological polar surface area (TPSA) is 26.0 Å². The summed E-state index contributed by atoms with van der Waals surface area (Å²) in [5, 5.41) is 0. The normalized spacial score (nSPS) is 15.2. The van der Waals surface area contributed by atoms with Gasteiger partial charge < -0.3 is 5.73 Å². The molecule has 1 aliphatic rings. The van der Waals surface area contributed by atoms with E-state index in [1.807, 2.05) is 12.1 Å². The van der Waals surface area contributed by atoms with Crippen molar-refractivity contribution in [2.45, 2.75) is 19.8 Å². The molecular formula is C19H19N. The van der Waals surface area contributed by atoms with E-state index in [9.17, 15) is 0 Å². The molecule has 0 amide bonds. The average Bonchev–Trinajstić information content (AvgIpc) is 2.49. The van der Waals surface area contributed by atoms with Gasteiger partial charge in [-0.15, -0.1) is 0 Å². The molecule has 0 unspecified atom stereocenters. The lowest BCUT2D eigenvalue weighted by Gasteiger charge is -2.19. The molecule has 1 nitrogen and oxygen atoms in total. The van der Waals surface area contributed by atoms with Crippen LogP contribution >= 0.6 is 0 Å². The Morgan fingerprint density at radius 3 is 2.30 bits per heavy atom. The Bertz CT molecular complexity index is 678. The van der Waals surface area contributed by atoms with Crippen LogP contribution in [0, 0.1) is 0 Å². The Morgan fingerprint density at radius 2 is 1.55 bits per heavy atom. The van der Waals surface area contributed by atoms with E-state index in [2.05, 4.69) is 55.5 Å². The van der Waals surface area contributed by atoms with Crippen LogP contribution in [-0.4, -0.2) is 0 Å². The largest absolute Gasteiger partial charge is 0.398 e. The van der Waals surface area contributed by atoms with Crippen LogP contribution in [-0.2, 0) is 0 Å². The highest BCUT2D eigenvalue weighted by Crippen LogP contribution is 2.36. The first-order valence-corrected chi connectivity index (χ1v) is 7.06. The minimum absolute atomic E-state index is 0.854. The van der Waals surface area contributed by atoms with Gasteiger partial charge in [0.05, 0.1) is 0 Å². The molecular weight excluding hydrogens is 242 g/mol. The molecule has 0 saturated heterocycles. The molecule has 0 atom stereocenters. The summed E-state index contributed by atoms with van der Waals surface area (Å²) in [5.41, 5.74) is 13.6. The zero-order chi connectivity index (χ0) is 13.9. The molecule has 100 valence electrons. The summed E-state index contributed by atoms with van der Waals surface area (Å²) in [4.78, 5) is 0. The monoisotopic (exact) mass is 261 g/mol. The third kappa shape index (κ3) is 2.39. The summed E-state index contributed by atoms with van der Waals surface area (Å²) in [6.07, 6.45) is 4.51. The maximum atomic E-state index is 6.13. The summed E-state index contributed by atoms with van der Waals surface area (Å²) in [7, 11) is 0. The Hall–Kier alpha value is -2.28. The van der Waals surface area contributed by atoms with E-state index < -0.39 is 0 Å². The predicted octanol–water partition coefficient (Wildman–Crippen LogP) is 4.92. The van der Waals surface area contributed by atoms with Gasteiger partial charge in [-0.05, 0) is 42.5 Å². The lowest BCUT2D eigenvalue weighted by molar-refractivity contribution is 0.983. The van der Waals surface area contributed by atoms with Crippen molar-refractivity contribution >= 4 is 16.8 Å². The third-order valence-corrected chi connectivity index (χ3v) is 3.94. The molecule has 2 aromatic carbocycles. The Balaban J connectivity index is 2.07. The SMILES string of the molecule is CC1=C(c2ccccc2N)C=C(c2ccccc2)CC1. The molecule has 1 aliphatic carbocycles. The first-order valence-electron chi connectivity index (χ1n) is 7.06. The minimum atomic E-state index is 0.854. The van der Waals surface area contributed by atoms with Crippen LogP contribution in [0.1, 0.15) is 30.9 Å². The first kappa shape index (κ1) is 12.7. The molecule has 0 aromatic heterocycles. The van der Waals surface area contributed by atoms with Crippen LogP contribution in [0.25, 0.3) is 11.1 Å². The molecule has 2 N–H and O–H groups in total. The lowest BCUT2D eigenvalue weighted by Crippen LogP contribution is -2.00. The smallest absolute Gasteiger partial charge is 0.0393 e. The highest BCUT2D eigenvalue weighted by Gasteiger charge is 2.14. The van der Waals surface area contributed by atoms with Gasteiger partial charge in [-0.1, -0.05) is 60.2 Å². The highest BCUT2D eigenvalue weighted by atomic mass is 14.6. The fraction of sp³-hybridized carbons (Fsp3) is 0.158. The maximum absolute atomic E-state index is 6.13. The minimum Gasteiger partial charge on any atom is -0.398 e. The van der Waals surface area contributed by atoms with Crippen LogP contribution in [0.2, 0.25) is 0 Å². The van der Waals surface area contributed by atoms with Crippen molar-refractivity contribution in [3.05, 3.63) is 77.4 Å². The second-order valence-electron chi connectivity index (χ2n) is 5.32. The van der Waals surface area contributed by atoms with Gasteiger partial charge >= 0.3 is 0 Å². The molecule has 0 saturated carbocycles. The second kappa shape index (κ2) is 5.38. The van der Waals surface area contributed by atoms with Crippen molar-refractivity contribution in [2.24, 2.45) is 0 Å². The molecule has 20 heavy (non-hydrogen) atoms. The van der Waals surface area contributed by atoms with Crippen molar-refractivity contribution < 1.29 is 0 Å². The first-order chi connectivity index (χ1) is 9.75. The Kier molecular flexibility index (Phi) is 3.42. The van der Waals surface area contributed by atoms with Crippen LogP contribution in [0.15, 0.2) is 66.2 Å². The van der Waals surface area contributed by atoms with Gasteiger partial charge in [-0.2, -0.15) is 0 Å². The highest BCUT2D eigenvalue weighted by molar-refractivity contribution is 5.90. The van der Waals surface area contributed by atoms with Crippen LogP contribution < -0.4 is 5.73 Å². The summed E-state index contributed by atoms with van der Waals surface area (Å²) < 4.78 is 0. The zero-order valence-electron chi connectivity index (χ0n) is 11.8. The van der Waals surface area contributed by atoms with Crippen molar-refractivity contribution in [3.63, 3.8) is 0 Å². The van der Waals surface area contributed by atoms with E-state index in [1.54, 1.807) is 0 Å². The molecule has 0 spiro atoms. The zero-order valence-corrected chi connectivity index (χ0v) is 11.8. The van der Waals surface area contributed by atoms with E-state index in [1.165, 1.54) is 22.3 Å². The molecule has 3 rings (SSSR count). The van der Waals surface area contributed by atoms with Gasteiger partial charge in [0, 0.05) is 11.3 Å². The van der Waals surface area contributed by atoms with Gasteiger partial charge in [0.15, 0.2) is 0 Å². The number of para-hydroxylation sites is 1. The number of nitrogens with two attached hydrogens (primary N) is 1. The molecule has 0 bridgehead atoms. The van der Waals surface area contributed by atoms with Crippen molar-refractivity contribution in [3.8, 4) is 0 Å². The van der Waals surface area contributed by atoms with E-state index >= 15 is 0 Å². The molecule has 0 aliphatic heterocycles. The maximum Gasteiger partial charge on any atom is 0.0393 e. The average molecular weight is 261 g/mol. The fourth-order valence-corrected chi connectivity index (χ4v) is 2.76. The summed E-state index contributed by atoms with van der Waals surface area (Å²) in [6, 6.07) is 18.7.